The molecule has 4 rings (SSSR count). The van der Waals surface area contributed by atoms with Crippen molar-refractivity contribution in [3.8, 4) is 0 Å². The number of hydrogen-bond donors (Lipinski definition) is 2. The van der Waals surface area contributed by atoms with Crippen molar-refractivity contribution in [1.82, 2.24) is 20.2 Å². The molecule has 0 bridgehead atoms. The first-order valence-electron chi connectivity index (χ1n) is 6.02. The maximum Gasteiger partial charge on any atom is 0.225 e. The van der Waals surface area contributed by atoms with Crippen LogP contribution in [0.15, 0.2) is 22.8 Å². The molecule has 0 unspecified atom stereocenters. The van der Waals surface area contributed by atoms with Crippen molar-refractivity contribution in [3.63, 3.8) is 0 Å². The Balaban J connectivity index is 1.71. The Morgan fingerprint density at radius 3 is 3.11 bits per heavy atom. The molecule has 1 fully saturated rings. The molecule has 7 heteroatoms. The Labute approximate surface area is 113 Å². The Bertz CT molecular complexity index is 746. The van der Waals surface area contributed by atoms with Crippen LogP contribution in [0.5, 0.6) is 0 Å². The normalized spacial score (nSPS) is 15.0. The fraction of sp³-hybridized carbons (Fsp3) is 0.250. The molecular formula is C12H10ClN5O. The number of nitrogens with zero attached hydrogens (tertiary/aromatic N) is 3. The lowest BCUT2D eigenvalue weighted by Crippen LogP contribution is -1.96. The van der Waals surface area contributed by atoms with Gasteiger partial charge in [0.25, 0.3) is 0 Å². The van der Waals surface area contributed by atoms with E-state index in [-0.39, 0.29) is 5.28 Å². The Kier molecular flexibility index (Phi) is 2.25. The van der Waals surface area contributed by atoms with Crippen LogP contribution in [0, 0.1) is 0 Å². The Hall–Kier alpha value is -2.08. The summed E-state index contributed by atoms with van der Waals surface area (Å²) in [5, 5.41) is 10.5. The Morgan fingerprint density at radius 1 is 1.37 bits per heavy atom. The van der Waals surface area contributed by atoms with Gasteiger partial charge in [0.05, 0.1) is 6.26 Å². The summed E-state index contributed by atoms with van der Waals surface area (Å²) < 4.78 is 5.36. The largest absolute Gasteiger partial charge is 0.459 e. The van der Waals surface area contributed by atoms with E-state index in [9.17, 15) is 0 Å². The maximum atomic E-state index is 5.88. The molecule has 0 aromatic carbocycles. The van der Waals surface area contributed by atoms with E-state index >= 15 is 0 Å². The minimum absolute atomic E-state index is 0.175. The van der Waals surface area contributed by atoms with E-state index in [1.54, 1.807) is 12.3 Å². The standard InChI is InChI=1S/C12H10ClN5O/c13-12-14-7-3-4-19-10(7)11(16-12)15-9-5-8(17-18-9)6-1-2-6/h3-6H,1-2H2,(H2,14,15,16,17,18). The van der Waals surface area contributed by atoms with Crippen molar-refractivity contribution < 1.29 is 4.42 Å². The van der Waals surface area contributed by atoms with E-state index in [0.29, 0.717) is 28.7 Å². The number of aromatic nitrogens is 4. The number of hydrogen-bond acceptors (Lipinski definition) is 5. The summed E-state index contributed by atoms with van der Waals surface area (Å²) >= 11 is 5.88. The molecule has 0 spiro atoms. The molecule has 3 heterocycles. The summed E-state index contributed by atoms with van der Waals surface area (Å²) in [4.78, 5) is 8.21. The van der Waals surface area contributed by atoms with Gasteiger partial charge in [-0.3, -0.25) is 5.10 Å². The highest BCUT2D eigenvalue weighted by molar-refractivity contribution is 6.28. The van der Waals surface area contributed by atoms with Crippen LogP contribution in [-0.4, -0.2) is 20.2 Å². The zero-order valence-electron chi connectivity index (χ0n) is 9.85. The third kappa shape index (κ3) is 1.94. The molecule has 1 saturated carbocycles. The average Bonchev–Trinajstić information content (AvgIpc) is 2.95. The smallest absolute Gasteiger partial charge is 0.225 e. The summed E-state index contributed by atoms with van der Waals surface area (Å²) in [7, 11) is 0. The third-order valence-electron chi connectivity index (χ3n) is 3.14. The molecule has 3 aromatic heterocycles. The second kappa shape index (κ2) is 3.96. The first-order chi connectivity index (χ1) is 9.29. The molecule has 2 N–H and O–H groups in total. The lowest BCUT2D eigenvalue weighted by molar-refractivity contribution is 0.615. The van der Waals surface area contributed by atoms with Crippen LogP contribution >= 0.6 is 11.6 Å². The van der Waals surface area contributed by atoms with E-state index in [2.05, 4.69) is 25.5 Å². The van der Waals surface area contributed by atoms with Crippen molar-refractivity contribution in [2.24, 2.45) is 0 Å². The van der Waals surface area contributed by atoms with E-state index in [4.69, 9.17) is 16.0 Å². The van der Waals surface area contributed by atoms with Crippen molar-refractivity contribution in [1.29, 1.82) is 0 Å². The lowest BCUT2D eigenvalue weighted by Gasteiger charge is -2.02. The molecule has 96 valence electrons. The molecule has 0 aliphatic heterocycles. The van der Waals surface area contributed by atoms with Crippen LogP contribution in [-0.2, 0) is 0 Å². The number of halogens is 1. The Morgan fingerprint density at radius 2 is 2.26 bits per heavy atom. The zero-order valence-corrected chi connectivity index (χ0v) is 10.6. The molecule has 0 atom stereocenters. The van der Waals surface area contributed by atoms with Gasteiger partial charge in [0.1, 0.15) is 5.52 Å². The van der Waals surface area contributed by atoms with E-state index in [1.807, 2.05) is 6.07 Å². The predicted molar refractivity (Wildman–Crippen MR) is 70.7 cm³/mol. The van der Waals surface area contributed by atoms with Gasteiger partial charge in [-0.1, -0.05) is 0 Å². The molecule has 6 nitrogen and oxygen atoms in total. The van der Waals surface area contributed by atoms with Gasteiger partial charge in [0, 0.05) is 23.7 Å². The lowest BCUT2D eigenvalue weighted by atomic mass is 10.3. The number of rotatable bonds is 3. The summed E-state index contributed by atoms with van der Waals surface area (Å²) in [5.41, 5.74) is 2.39. The van der Waals surface area contributed by atoms with Gasteiger partial charge in [-0.15, -0.1) is 0 Å². The van der Waals surface area contributed by atoms with Gasteiger partial charge in [0.15, 0.2) is 17.2 Å². The quantitative estimate of drug-likeness (QED) is 0.718. The van der Waals surface area contributed by atoms with Gasteiger partial charge in [0.2, 0.25) is 5.28 Å². The number of anilines is 2. The van der Waals surface area contributed by atoms with Crippen LogP contribution in [0.25, 0.3) is 11.1 Å². The molecule has 0 amide bonds. The van der Waals surface area contributed by atoms with Gasteiger partial charge in [-0.05, 0) is 24.4 Å². The van der Waals surface area contributed by atoms with Crippen LogP contribution in [0.3, 0.4) is 0 Å². The average molecular weight is 276 g/mol. The number of aromatic amines is 1. The highest BCUT2D eigenvalue weighted by Crippen LogP contribution is 2.39. The molecular weight excluding hydrogens is 266 g/mol. The predicted octanol–water partition coefficient (Wildman–Crippen LogP) is 3.22. The minimum Gasteiger partial charge on any atom is -0.459 e. The van der Waals surface area contributed by atoms with Gasteiger partial charge in [-0.2, -0.15) is 10.1 Å². The van der Waals surface area contributed by atoms with Gasteiger partial charge < -0.3 is 9.73 Å². The molecule has 1 aliphatic rings. The van der Waals surface area contributed by atoms with Crippen LogP contribution in [0.2, 0.25) is 5.28 Å². The number of nitrogens with one attached hydrogen (secondary N) is 2. The fourth-order valence-electron chi connectivity index (χ4n) is 2.05. The van der Waals surface area contributed by atoms with Gasteiger partial charge >= 0.3 is 0 Å². The number of H-pyrrole nitrogens is 1. The maximum absolute atomic E-state index is 5.88. The van der Waals surface area contributed by atoms with E-state index < -0.39 is 0 Å². The van der Waals surface area contributed by atoms with Crippen molar-refractivity contribution in [2.75, 3.05) is 5.32 Å². The molecule has 1 aliphatic carbocycles. The number of furan rings is 1. The summed E-state index contributed by atoms with van der Waals surface area (Å²) in [6.45, 7) is 0. The first-order valence-corrected chi connectivity index (χ1v) is 6.40. The summed E-state index contributed by atoms with van der Waals surface area (Å²) in [6.07, 6.45) is 4.01. The van der Waals surface area contributed by atoms with E-state index in [1.165, 1.54) is 12.8 Å². The van der Waals surface area contributed by atoms with E-state index in [0.717, 1.165) is 5.69 Å². The summed E-state index contributed by atoms with van der Waals surface area (Å²) in [5.74, 6) is 1.85. The molecule has 19 heavy (non-hydrogen) atoms. The third-order valence-corrected chi connectivity index (χ3v) is 3.31. The highest BCUT2D eigenvalue weighted by Gasteiger charge is 2.25. The monoisotopic (exact) mass is 275 g/mol. The van der Waals surface area contributed by atoms with Crippen molar-refractivity contribution >= 4 is 34.3 Å². The van der Waals surface area contributed by atoms with Crippen LogP contribution < -0.4 is 5.32 Å². The second-order valence-electron chi connectivity index (χ2n) is 4.58. The SMILES string of the molecule is Clc1nc(Nc2cc(C3CC3)[nH]n2)c2occc2n1. The molecule has 0 radical (unpaired) electrons. The second-order valence-corrected chi connectivity index (χ2v) is 4.92. The highest BCUT2D eigenvalue weighted by atomic mass is 35.5. The zero-order chi connectivity index (χ0) is 12.8. The molecule has 0 saturated heterocycles. The fourth-order valence-corrected chi connectivity index (χ4v) is 2.22. The van der Waals surface area contributed by atoms with Crippen LogP contribution in [0.1, 0.15) is 24.5 Å². The minimum atomic E-state index is 0.175. The number of fused-ring (bicyclic) bond motifs is 1. The summed E-state index contributed by atoms with van der Waals surface area (Å²) in [6, 6.07) is 3.73. The first kappa shape index (κ1) is 10.8. The molecule has 3 aromatic rings. The van der Waals surface area contributed by atoms with Crippen molar-refractivity contribution in [2.45, 2.75) is 18.8 Å². The topological polar surface area (TPSA) is 79.6 Å². The van der Waals surface area contributed by atoms with Gasteiger partial charge in [-0.25, -0.2) is 4.98 Å². The van der Waals surface area contributed by atoms with Crippen LogP contribution in [0.4, 0.5) is 11.6 Å². The van der Waals surface area contributed by atoms with Crippen molar-refractivity contribution in [3.05, 3.63) is 29.4 Å².